The Hall–Kier alpha value is -6.48. The van der Waals surface area contributed by atoms with Crippen LogP contribution >= 0.6 is 47.0 Å². The van der Waals surface area contributed by atoms with Crippen LogP contribution in [-0.4, -0.2) is 107 Å². The van der Waals surface area contributed by atoms with E-state index >= 15 is 0 Å². The van der Waals surface area contributed by atoms with Gasteiger partial charge in [0.25, 0.3) is 0 Å². The number of H-pyrrole nitrogens is 2. The van der Waals surface area contributed by atoms with Gasteiger partial charge in [0.2, 0.25) is 0 Å². The van der Waals surface area contributed by atoms with E-state index in [1.165, 1.54) is 47.0 Å². The first-order valence-corrected chi connectivity index (χ1v) is 23.7. The molecule has 20 heteroatoms. The van der Waals surface area contributed by atoms with Gasteiger partial charge >= 0.3 is 23.9 Å². The molecule has 0 saturated carbocycles. The number of benzene rings is 4. The van der Waals surface area contributed by atoms with Gasteiger partial charge in [0.15, 0.2) is 23.3 Å². The van der Waals surface area contributed by atoms with E-state index in [1.54, 1.807) is 0 Å². The lowest BCUT2D eigenvalue weighted by atomic mass is 10.1. The summed E-state index contributed by atoms with van der Waals surface area (Å²) in [7, 11) is 0. The largest absolute Gasteiger partial charge is 0.481 e. The number of nitrogens with one attached hydrogen (secondary N) is 2. The number of carboxylic acid groups (broad SMARTS) is 4. The number of carbonyl (C=O) groups is 4. The maximum atomic E-state index is 11.3. The predicted octanol–water partition coefficient (Wildman–Crippen LogP) is 9.14. The first-order valence-electron chi connectivity index (χ1n) is 19.7. The van der Waals surface area contributed by atoms with Crippen LogP contribution in [0.25, 0.3) is 89.7 Å². The van der Waals surface area contributed by atoms with Gasteiger partial charge in [-0.25, -0.2) is 29.9 Å². The molecule has 7 aromatic rings. The molecule has 3 aromatic heterocycles. The second kappa shape index (κ2) is 18.3. The summed E-state index contributed by atoms with van der Waals surface area (Å²) in [5, 5.41) is 40.0. The standard InChI is InChI=1S/C44H34N8O8S4/c53-33(54)9-13-61-21-1-5-25-29(17-21)41-45-37(25)49-42-30-18-22(62-14-10-34(55)56)2-6-26(30)39(46-42)51-44-32-20-24(64-16-12-36(59)60)4-8-28(32)40(48-44)52-43-31-19-23(63-15-11-35(57)58)3-7-27(31)38(47-43)50-41/h1-8,17-20H,9-16H2,(H,53,54)(H,55,56)(H,57,58)(H,59,60)(H2,45,46,47,48,49,50,51,52). The van der Waals surface area contributed by atoms with Crippen molar-refractivity contribution in [2.24, 2.45) is 0 Å². The van der Waals surface area contributed by atoms with Gasteiger partial charge in [-0.3, -0.25) is 19.2 Å². The van der Waals surface area contributed by atoms with Crippen molar-refractivity contribution in [3.8, 4) is 45.6 Å². The molecule has 6 N–H and O–H groups in total. The average molecular weight is 931 g/mol. The maximum Gasteiger partial charge on any atom is 0.304 e. The Morgan fingerprint density at radius 1 is 0.375 bits per heavy atom. The molecule has 0 amide bonds. The van der Waals surface area contributed by atoms with Crippen molar-refractivity contribution in [1.29, 1.82) is 0 Å². The molecule has 5 heterocycles. The molecular weight excluding hydrogens is 897 g/mol. The highest BCUT2D eigenvalue weighted by Crippen LogP contribution is 2.40. The minimum Gasteiger partial charge on any atom is -0.481 e. The molecule has 9 rings (SSSR count). The molecule has 0 fully saturated rings. The van der Waals surface area contributed by atoms with E-state index in [1.807, 2.05) is 72.8 Å². The number of fused-ring (bicyclic) bond motifs is 20. The smallest absolute Gasteiger partial charge is 0.304 e. The molecule has 0 saturated heterocycles. The molecule has 16 nitrogen and oxygen atoms in total. The molecule has 4 aromatic carbocycles. The Labute approximate surface area is 379 Å². The number of nitrogens with zero attached hydrogens (tertiary/aromatic N) is 6. The maximum absolute atomic E-state index is 11.3. The van der Waals surface area contributed by atoms with Crippen molar-refractivity contribution in [2.75, 3.05) is 23.0 Å². The Balaban J connectivity index is 1.32. The number of hydrogen-bond acceptors (Lipinski definition) is 14. The Kier molecular flexibility index (Phi) is 12.3. The summed E-state index contributed by atoms with van der Waals surface area (Å²) in [6.45, 7) is 0. The van der Waals surface area contributed by atoms with E-state index in [9.17, 15) is 39.6 Å². The Morgan fingerprint density at radius 3 is 1.02 bits per heavy atom. The molecule has 2 aliphatic heterocycles. The lowest BCUT2D eigenvalue weighted by molar-refractivity contribution is -0.137. The Bertz CT molecular complexity index is 3030. The van der Waals surface area contributed by atoms with Gasteiger partial charge < -0.3 is 30.4 Å². The SMILES string of the molecule is O=C(O)CCSc1ccc2c(c1)-c1nc-2nc2[nH]c(nc3nc(nc4[nH]c(n1)c1ccc(SCCC(=O)O)cc41)-c1ccc(SCCC(=O)O)cc1-3)c1ccc(SCCC(=O)O)cc21. The van der Waals surface area contributed by atoms with Gasteiger partial charge in [-0.05, 0) is 72.8 Å². The number of aliphatic carboxylic acids is 4. The van der Waals surface area contributed by atoms with E-state index in [4.69, 9.17) is 29.9 Å². The number of hydrogen-bond donors (Lipinski definition) is 6. The summed E-state index contributed by atoms with van der Waals surface area (Å²) >= 11 is 5.63. The molecule has 64 heavy (non-hydrogen) atoms. The van der Waals surface area contributed by atoms with E-state index in [-0.39, 0.29) is 25.7 Å². The number of aromatic amines is 2. The highest BCUT2D eigenvalue weighted by atomic mass is 32.2. The second-order valence-electron chi connectivity index (χ2n) is 14.4. The van der Waals surface area contributed by atoms with Crippen LogP contribution in [0.15, 0.2) is 92.4 Å². The molecule has 0 spiro atoms. The average Bonchev–Trinajstić information content (AvgIpc) is 3.98. The summed E-state index contributed by atoms with van der Waals surface area (Å²) in [5.74, 6) is -0.668. The van der Waals surface area contributed by atoms with Crippen LogP contribution < -0.4 is 0 Å². The zero-order valence-corrected chi connectivity index (χ0v) is 36.6. The summed E-state index contributed by atoms with van der Waals surface area (Å²) in [5.41, 5.74) is 4.53. The lowest BCUT2D eigenvalue weighted by Crippen LogP contribution is -1.95. The zero-order valence-electron chi connectivity index (χ0n) is 33.3. The lowest BCUT2D eigenvalue weighted by Gasteiger charge is -2.04. The highest BCUT2D eigenvalue weighted by molar-refractivity contribution is 8.00. The van der Waals surface area contributed by atoms with E-state index in [0.29, 0.717) is 102 Å². The predicted molar refractivity (Wildman–Crippen MR) is 248 cm³/mol. The second-order valence-corrected chi connectivity index (χ2v) is 19.1. The topological polar surface area (TPSA) is 258 Å². The van der Waals surface area contributed by atoms with Crippen molar-refractivity contribution in [3.63, 3.8) is 0 Å². The van der Waals surface area contributed by atoms with E-state index < -0.39 is 23.9 Å². The number of rotatable bonds is 16. The summed E-state index contributed by atoms with van der Waals surface area (Å²) in [6, 6.07) is 22.9. The van der Waals surface area contributed by atoms with Crippen LogP contribution in [0, 0.1) is 0 Å². The molecule has 8 bridgehead atoms. The monoisotopic (exact) mass is 930 g/mol. The van der Waals surface area contributed by atoms with E-state index in [0.717, 1.165) is 30.4 Å². The minimum atomic E-state index is -0.891. The van der Waals surface area contributed by atoms with Crippen LogP contribution in [0.1, 0.15) is 25.7 Å². The zero-order chi connectivity index (χ0) is 44.5. The van der Waals surface area contributed by atoms with Crippen molar-refractivity contribution in [2.45, 2.75) is 45.3 Å². The summed E-state index contributed by atoms with van der Waals surface area (Å²) < 4.78 is 0. The number of aromatic nitrogens is 8. The van der Waals surface area contributed by atoms with Gasteiger partial charge in [-0.2, -0.15) is 0 Å². The van der Waals surface area contributed by atoms with Gasteiger partial charge in [0, 0.05) is 86.4 Å². The molecule has 0 unspecified atom stereocenters. The quantitative estimate of drug-likeness (QED) is 0.0493. The Morgan fingerprint density at radius 2 is 0.672 bits per heavy atom. The fourth-order valence-corrected chi connectivity index (χ4v) is 10.6. The minimum absolute atomic E-state index is 0.00988. The first kappa shape index (κ1) is 42.8. The first-order chi connectivity index (χ1) is 30.9. The van der Waals surface area contributed by atoms with Crippen LogP contribution in [0.5, 0.6) is 0 Å². The van der Waals surface area contributed by atoms with Gasteiger partial charge in [-0.1, -0.05) is 0 Å². The van der Waals surface area contributed by atoms with Crippen molar-refractivity contribution < 1.29 is 39.6 Å². The third-order valence-corrected chi connectivity index (χ3v) is 14.0. The van der Waals surface area contributed by atoms with Crippen molar-refractivity contribution in [3.05, 3.63) is 72.8 Å². The van der Waals surface area contributed by atoms with Crippen LogP contribution in [0.2, 0.25) is 0 Å². The van der Waals surface area contributed by atoms with Crippen LogP contribution in [0.3, 0.4) is 0 Å². The van der Waals surface area contributed by atoms with Crippen LogP contribution in [0.4, 0.5) is 0 Å². The molecule has 322 valence electrons. The third kappa shape index (κ3) is 9.26. The van der Waals surface area contributed by atoms with Gasteiger partial charge in [0.05, 0.1) is 25.7 Å². The van der Waals surface area contributed by atoms with E-state index in [2.05, 4.69) is 9.97 Å². The highest BCUT2D eigenvalue weighted by Gasteiger charge is 2.24. The summed E-state index contributed by atoms with van der Waals surface area (Å²) in [6.07, 6.45) is -0.0420. The van der Waals surface area contributed by atoms with Crippen LogP contribution in [-0.2, 0) is 19.2 Å². The molecule has 0 radical (unpaired) electrons. The third-order valence-electron chi connectivity index (χ3n) is 10.1. The van der Waals surface area contributed by atoms with Gasteiger partial charge in [-0.15, -0.1) is 47.0 Å². The fraction of sp³-hybridized carbons (Fsp3) is 0.182. The van der Waals surface area contributed by atoms with Crippen molar-refractivity contribution >= 4 is 115 Å². The molecule has 0 atom stereocenters. The molecular formula is C44H34N8O8S4. The molecule has 0 aliphatic carbocycles. The van der Waals surface area contributed by atoms with Gasteiger partial charge in [0.1, 0.15) is 22.6 Å². The number of carboxylic acids is 4. The van der Waals surface area contributed by atoms with Crippen molar-refractivity contribution in [1.82, 2.24) is 39.9 Å². The normalized spacial score (nSPS) is 11.8. The summed E-state index contributed by atoms with van der Waals surface area (Å²) in [4.78, 5) is 85.9. The number of thioether (sulfide) groups is 4. The molecule has 2 aliphatic rings. The fourth-order valence-electron chi connectivity index (χ4n) is 7.09.